The molecule has 1 saturated carbocycles. The number of carbonyl (C=O) groups excluding carboxylic acids is 1. The van der Waals surface area contributed by atoms with Gasteiger partial charge in [-0.1, -0.05) is 23.7 Å². The summed E-state index contributed by atoms with van der Waals surface area (Å²) >= 11 is 5.89. The molecular weight excluding hydrogens is 259 g/mol. The summed E-state index contributed by atoms with van der Waals surface area (Å²) in [5.41, 5.74) is 6.18. The Morgan fingerprint density at radius 1 is 1.53 bits per heavy atom. The summed E-state index contributed by atoms with van der Waals surface area (Å²) in [7, 11) is 0. The zero-order valence-corrected chi connectivity index (χ0v) is 11.1. The Bertz CT molecular complexity index is 419. The molecular formula is C12H16Cl2N2O. The van der Waals surface area contributed by atoms with E-state index in [2.05, 4.69) is 5.32 Å². The van der Waals surface area contributed by atoms with Crippen molar-refractivity contribution in [1.29, 1.82) is 0 Å². The van der Waals surface area contributed by atoms with Gasteiger partial charge in [-0.2, -0.15) is 0 Å². The Morgan fingerprint density at radius 2 is 2.18 bits per heavy atom. The first-order valence-electron chi connectivity index (χ1n) is 5.36. The summed E-state index contributed by atoms with van der Waals surface area (Å²) < 4.78 is 0. The molecule has 3 N–H and O–H groups in total. The SMILES string of the molecule is CC(NC(=O)C1(N)CC1)c1cccc(Cl)c1.Cl. The van der Waals surface area contributed by atoms with Crippen LogP contribution in [-0.2, 0) is 4.79 Å². The Kier molecular flexibility index (Phi) is 4.42. The molecule has 17 heavy (non-hydrogen) atoms. The van der Waals surface area contributed by atoms with Gasteiger partial charge in [0.2, 0.25) is 5.91 Å². The maximum atomic E-state index is 11.7. The molecule has 1 fully saturated rings. The molecule has 5 heteroatoms. The molecule has 3 nitrogen and oxygen atoms in total. The van der Waals surface area contributed by atoms with Gasteiger partial charge in [0, 0.05) is 5.02 Å². The molecule has 2 rings (SSSR count). The van der Waals surface area contributed by atoms with E-state index in [4.69, 9.17) is 17.3 Å². The zero-order chi connectivity index (χ0) is 11.8. The van der Waals surface area contributed by atoms with Crippen molar-refractivity contribution >= 4 is 29.9 Å². The number of nitrogens with two attached hydrogens (primary N) is 1. The minimum atomic E-state index is -0.618. The topological polar surface area (TPSA) is 55.1 Å². The van der Waals surface area contributed by atoms with E-state index in [1.54, 1.807) is 0 Å². The average Bonchev–Trinajstić information content (AvgIpc) is 2.98. The molecule has 0 aromatic heterocycles. The van der Waals surface area contributed by atoms with E-state index >= 15 is 0 Å². The lowest BCUT2D eigenvalue weighted by atomic mass is 10.1. The van der Waals surface area contributed by atoms with Crippen molar-refractivity contribution in [2.24, 2.45) is 5.73 Å². The highest BCUT2D eigenvalue weighted by molar-refractivity contribution is 6.30. The van der Waals surface area contributed by atoms with Crippen LogP contribution in [0.15, 0.2) is 24.3 Å². The predicted molar refractivity (Wildman–Crippen MR) is 71.4 cm³/mol. The van der Waals surface area contributed by atoms with Crippen molar-refractivity contribution in [3.63, 3.8) is 0 Å². The summed E-state index contributed by atoms with van der Waals surface area (Å²) in [6.45, 7) is 1.93. The van der Waals surface area contributed by atoms with Crippen molar-refractivity contribution in [2.45, 2.75) is 31.3 Å². The first-order chi connectivity index (χ1) is 7.51. The van der Waals surface area contributed by atoms with Crippen LogP contribution >= 0.6 is 24.0 Å². The second-order valence-electron chi connectivity index (χ2n) is 4.41. The fourth-order valence-electron chi connectivity index (χ4n) is 1.56. The Hall–Kier alpha value is -0.770. The van der Waals surface area contributed by atoms with E-state index in [-0.39, 0.29) is 24.4 Å². The predicted octanol–water partition coefficient (Wildman–Crippen LogP) is 2.43. The summed E-state index contributed by atoms with van der Waals surface area (Å²) in [5.74, 6) is -0.0695. The highest BCUT2D eigenvalue weighted by Gasteiger charge is 2.46. The molecule has 1 amide bonds. The molecule has 1 aliphatic rings. The smallest absolute Gasteiger partial charge is 0.240 e. The lowest BCUT2D eigenvalue weighted by Crippen LogP contribution is -2.43. The quantitative estimate of drug-likeness (QED) is 0.890. The molecule has 0 bridgehead atoms. The van der Waals surface area contributed by atoms with Crippen LogP contribution in [0, 0.1) is 0 Å². The number of amides is 1. The minimum Gasteiger partial charge on any atom is -0.348 e. The third-order valence-corrected chi connectivity index (χ3v) is 3.17. The maximum absolute atomic E-state index is 11.7. The van der Waals surface area contributed by atoms with Gasteiger partial charge >= 0.3 is 0 Å². The van der Waals surface area contributed by atoms with Crippen LogP contribution in [0.2, 0.25) is 5.02 Å². The molecule has 0 saturated heterocycles. The van der Waals surface area contributed by atoms with Gasteiger partial charge in [0.05, 0.1) is 11.6 Å². The van der Waals surface area contributed by atoms with E-state index in [1.165, 1.54) is 0 Å². The van der Waals surface area contributed by atoms with Crippen molar-refractivity contribution in [1.82, 2.24) is 5.32 Å². The Morgan fingerprint density at radius 3 is 2.71 bits per heavy atom. The maximum Gasteiger partial charge on any atom is 0.240 e. The molecule has 0 spiro atoms. The van der Waals surface area contributed by atoms with E-state index in [0.717, 1.165) is 18.4 Å². The fraction of sp³-hybridized carbons (Fsp3) is 0.417. The van der Waals surface area contributed by atoms with E-state index in [0.29, 0.717) is 5.02 Å². The van der Waals surface area contributed by atoms with Crippen LogP contribution in [0.1, 0.15) is 31.4 Å². The van der Waals surface area contributed by atoms with Crippen LogP contribution < -0.4 is 11.1 Å². The second-order valence-corrected chi connectivity index (χ2v) is 4.84. The molecule has 94 valence electrons. The minimum absolute atomic E-state index is 0. The molecule has 0 heterocycles. The van der Waals surface area contributed by atoms with Crippen molar-refractivity contribution in [3.8, 4) is 0 Å². The van der Waals surface area contributed by atoms with Crippen molar-refractivity contribution < 1.29 is 4.79 Å². The number of halogens is 2. The Balaban J connectivity index is 0.00000144. The van der Waals surface area contributed by atoms with Crippen LogP contribution in [0.5, 0.6) is 0 Å². The number of hydrogen-bond acceptors (Lipinski definition) is 2. The third-order valence-electron chi connectivity index (χ3n) is 2.94. The van der Waals surface area contributed by atoms with E-state index < -0.39 is 5.54 Å². The van der Waals surface area contributed by atoms with Crippen LogP contribution in [-0.4, -0.2) is 11.4 Å². The lowest BCUT2D eigenvalue weighted by molar-refractivity contribution is -0.123. The van der Waals surface area contributed by atoms with Gasteiger partial charge < -0.3 is 11.1 Å². The largest absolute Gasteiger partial charge is 0.348 e. The number of carbonyl (C=O) groups is 1. The molecule has 1 aliphatic carbocycles. The molecule has 0 aliphatic heterocycles. The highest BCUT2D eigenvalue weighted by Crippen LogP contribution is 2.33. The van der Waals surface area contributed by atoms with E-state index in [9.17, 15) is 4.79 Å². The zero-order valence-electron chi connectivity index (χ0n) is 9.57. The second kappa shape index (κ2) is 5.25. The number of hydrogen-bond donors (Lipinski definition) is 2. The first kappa shape index (κ1) is 14.3. The summed E-state index contributed by atoms with van der Waals surface area (Å²) in [5, 5.41) is 3.58. The average molecular weight is 275 g/mol. The number of nitrogens with one attached hydrogen (secondary N) is 1. The van der Waals surface area contributed by atoms with Gasteiger partial charge in [-0.25, -0.2) is 0 Å². The van der Waals surface area contributed by atoms with E-state index in [1.807, 2.05) is 31.2 Å². The molecule has 1 unspecified atom stereocenters. The molecule has 0 radical (unpaired) electrons. The van der Waals surface area contributed by atoms with Crippen molar-refractivity contribution in [3.05, 3.63) is 34.9 Å². The summed E-state index contributed by atoms with van der Waals surface area (Å²) in [6, 6.07) is 7.41. The first-order valence-corrected chi connectivity index (χ1v) is 5.74. The van der Waals surface area contributed by atoms with Gasteiger partial charge in [-0.05, 0) is 37.5 Å². The van der Waals surface area contributed by atoms with Crippen LogP contribution in [0.3, 0.4) is 0 Å². The number of rotatable bonds is 3. The fourth-order valence-corrected chi connectivity index (χ4v) is 1.76. The van der Waals surface area contributed by atoms with Gasteiger partial charge in [0.1, 0.15) is 0 Å². The van der Waals surface area contributed by atoms with Crippen molar-refractivity contribution in [2.75, 3.05) is 0 Å². The van der Waals surface area contributed by atoms with Crippen LogP contribution in [0.25, 0.3) is 0 Å². The molecule has 1 aromatic carbocycles. The normalized spacial score (nSPS) is 17.8. The van der Waals surface area contributed by atoms with Gasteiger partial charge in [0.15, 0.2) is 0 Å². The third kappa shape index (κ3) is 3.35. The van der Waals surface area contributed by atoms with Gasteiger partial charge in [-0.3, -0.25) is 4.79 Å². The van der Waals surface area contributed by atoms with Gasteiger partial charge in [0.25, 0.3) is 0 Å². The molecule has 1 aromatic rings. The standard InChI is InChI=1S/C12H15ClN2O.ClH/c1-8(9-3-2-4-10(13)7-9)15-11(16)12(14)5-6-12;/h2-4,7-8H,5-6,14H2,1H3,(H,15,16);1H. The Labute approximate surface area is 112 Å². The summed E-state index contributed by atoms with van der Waals surface area (Å²) in [6.07, 6.45) is 1.56. The van der Waals surface area contributed by atoms with Gasteiger partial charge in [-0.15, -0.1) is 12.4 Å². The monoisotopic (exact) mass is 274 g/mol. The summed E-state index contributed by atoms with van der Waals surface area (Å²) in [4.78, 5) is 11.7. The molecule has 1 atom stereocenters. The van der Waals surface area contributed by atoms with Crippen LogP contribution in [0.4, 0.5) is 0 Å². The highest BCUT2D eigenvalue weighted by atomic mass is 35.5. The number of benzene rings is 1. The lowest BCUT2D eigenvalue weighted by Gasteiger charge is -2.17.